The third-order valence-corrected chi connectivity index (χ3v) is 4.29. The quantitative estimate of drug-likeness (QED) is 0.460. The molecule has 0 heterocycles. The van der Waals surface area contributed by atoms with E-state index in [1.807, 2.05) is 6.92 Å². The van der Waals surface area contributed by atoms with Crippen LogP contribution in [0.15, 0.2) is 18.2 Å². The molecule has 1 aromatic rings. The van der Waals surface area contributed by atoms with E-state index in [4.69, 9.17) is 0 Å². The van der Waals surface area contributed by atoms with E-state index in [-0.39, 0.29) is 23.2 Å². The van der Waals surface area contributed by atoms with E-state index in [1.165, 1.54) is 6.07 Å². The minimum Gasteiger partial charge on any atom is -0.335 e. The molecule has 1 aromatic carbocycles. The number of halogens is 1. The highest BCUT2D eigenvalue weighted by Crippen LogP contribution is 2.28. The number of nitro groups is 1. The lowest BCUT2D eigenvalue weighted by Crippen LogP contribution is -2.40. The van der Waals surface area contributed by atoms with Crippen molar-refractivity contribution in [1.82, 2.24) is 4.90 Å². The topological polar surface area (TPSA) is 63.5 Å². The fourth-order valence-electron chi connectivity index (χ4n) is 2.89. The number of amides is 1. The molecule has 1 amide bonds. The van der Waals surface area contributed by atoms with Crippen LogP contribution in [0, 0.1) is 17.0 Å². The van der Waals surface area contributed by atoms with Gasteiger partial charge in [-0.15, -0.1) is 0 Å². The average Bonchev–Trinajstić information content (AvgIpc) is 2.97. The lowest BCUT2D eigenvalue weighted by atomic mass is 10.1. The molecule has 0 unspecified atom stereocenters. The van der Waals surface area contributed by atoms with Gasteiger partial charge < -0.3 is 4.90 Å². The van der Waals surface area contributed by atoms with Crippen molar-refractivity contribution >= 4 is 27.5 Å². The number of nitrogens with zero attached hydrogens (tertiary/aromatic N) is 2. The third kappa shape index (κ3) is 3.61. The third-order valence-electron chi connectivity index (χ3n) is 3.93. The Labute approximate surface area is 132 Å². The summed E-state index contributed by atoms with van der Waals surface area (Å²) in [5.41, 5.74) is 0.949. The van der Waals surface area contributed by atoms with Gasteiger partial charge in [-0.1, -0.05) is 34.8 Å². The molecule has 1 aliphatic carbocycles. The van der Waals surface area contributed by atoms with Crippen molar-refractivity contribution in [1.29, 1.82) is 0 Å². The van der Waals surface area contributed by atoms with E-state index in [0.29, 0.717) is 11.9 Å². The summed E-state index contributed by atoms with van der Waals surface area (Å²) >= 11 is 3.37. The predicted molar refractivity (Wildman–Crippen MR) is 84.9 cm³/mol. The first-order valence-electron chi connectivity index (χ1n) is 7.16. The molecule has 1 aliphatic rings. The summed E-state index contributed by atoms with van der Waals surface area (Å²) in [4.78, 5) is 25.3. The Kier molecular flexibility index (Phi) is 5.33. The first-order chi connectivity index (χ1) is 10.0. The Morgan fingerprint density at radius 1 is 1.43 bits per heavy atom. The van der Waals surface area contributed by atoms with Gasteiger partial charge in [0.05, 0.1) is 4.92 Å². The molecule has 0 saturated heterocycles. The van der Waals surface area contributed by atoms with Gasteiger partial charge in [-0.25, -0.2) is 0 Å². The number of aryl methyl sites for hydroxylation is 1. The summed E-state index contributed by atoms with van der Waals surface area (Å²) in [6, 6.07) is 4.91. The number of carbonyl (C=O) groups excluding carboxylic acids is 1. The van der Waals surface area contributed by atoms with Gasteiger partial charge in [0, 0.05) is 24.0 Å². The van der Waals surface area contributed by atoms with Crippen molar-refractivity contribution < 1.29 is 9.72 Å². The van der Waals surface area contributed by atoms with Gasteiger partial charge in [0.25, 0.3) is 11.6 Å². The van der Waals surface area contributed by atoms with E-state index in [2.05, 4.69) is 15.9 Å². The van der Waals surface area contributed by atoms with Gasteiger partial charge >= 0.3 is 0 Å². The summed E-state index contributed by atoms with van der Waals surface area (Å²) in [7, 11) is 0. The van der Waals surface area contributed by atoms with Crippen molar-refractivity contribution in [3.05, 3.63) is 39.4 Å². The summed E-state index contributed by atoms with van der Waals surface area (Å²) in [6.07, 6.45) is 4.20. The zero-order chi connectivity index (χ0) is 15.4. The zero-order valence-corrected chi connectivity index (χ0v) is 13.6. The van der Waals surface area contributed by atoms with Gasteiger partial charge in [-0.3, -0.25) is 14.9 Å². The average molecular weight is 355 g/mol. The molecule has 1 saturated carbocycles. The molecule has 0 spiro atoms. The van der Waals surface area contributed by atoms with Gasteiger partial charge in [-0.05, 0) is 31.4 Å². The number of nitro benzene ring substituents is 1. The highest BCUT2D eigenvalue weighted by molar-refractivity contribution is 9.09. The highest BCUT2D eigenvalue weighted by atomic mass is 79.9. The van der Waals surface area contributed by atoms with Crippen LogP contribution in [0.25, 0.3) is 0 Å². The summed E-state index contributed by atoms with van der Waals surface area (Å²) in [5.74, 6) is -0.225. The number of hydrogen-bond donors (Lipinski definition) is 0. The first kappa shape index (κ1) is 15.9. The SMILES string of the molecule is Cc1ccc([N+](=O)[O-])c(C(=O)N(CCBr)C2CCCC2)c1. The van der Waals surface area contributed by atoms with Gasteiger partial charge in [0.1, 0.15) is 5.56 Å². The molecule has 114 valence electrons. The number of benzene rings is 1. The Balaban J connectivity index is 2.35. The number of hydrogen-bond acceptors (Lipinski definition) is 3. The molecule has 6 heteroatoms. The van der Waals surface area contributed by atoms with E-state index in [9.17, 15) is 14.9 Å². The van der Waals surface area contributed by atoms with Crippen LogP contribution in [-0.2, 0) is 0 Å². The standard InChI is InChI=1S/C15H19BrN2O3/c1-11-6-7-14(18(20)21)13(10-11)15(19)17(9-8-16)12-4-2-3-5-12/h6-7,10,12H,2-5,8-9H2,1H3. The van der Waals surface area contributed by atoms with Crippen molar-refractivity contribution in [3.8, 4) is 0 Å². The van der Waals surface area contributed by atoms with Crippen molar-refractivity contribution in [3.63, 3.8) is 0 Å². The van der Waals surface area contributed by atoms with Gasteiger partial charge in [-0.2, -0.15) is 0 Å². The van der Waals surface area contributed by atoms with Crippen LogP contribution in [0.1, 0.15) is 41.6 Å². The maximum Gasteiger partial charge on any atom is 0.282 e. The molecule has 0 aromatic heterocycles. The lowest BCUT2D eigenvalue weighted by molar-refractivity contribution is -0.385. The van der Waals surface area contributed by atoms with E-state index in [0.717, 1.165) is 31.2 Å². The molecule has 0 radical (unpaired) electrons. The Morgan fingerprint density at radius 3 is 2.67 bits per heavy atom. The summed E-state index contributed by atoms with van der Waals surface area (Å²) in [5, 5.41) is 11.8. The molecule has 21 heavy (non-hydrogen) atoms. The first-order valence-corrected chi connectivity index (χ1v) is 8.28. The molecule has 0 N–H and O–H groups in total. The van der Waals surface area contributed by atoms with Crippen molar-refractivity contribution in [2.24, 2.45) is 0 Å². The molecule has 5 nitrogen and oxygen atoms in total. The second kappa shape index (κ2) is 7.02. The molecule has 0 aliphatic heterocycles. The monoisotopic (exact) mass is 354 g/mol. The van der Waals surface area contributed by atoms with E-state index >= 15 is 0 Å². The zero-order valence-electron chi connectivity index (χ0n) is 12.0. The number of rotatable bonds is 5. The summed E-state index contributed by atoms with van der Waals surface area (Å²) in [6.45, 7) is 2.42. The Morgan fingerprint density at radius 2 is 2.10 bits per heavy atom. The van der Waals surface area contributed by atoms with E-state index in [1.54, 1.807) is 17.0 Å². The van der Waals surface area contributed by atoms with Crippen LogP contribution in [-0.4, -0.2) is 33.6 Å². The fourth-order valence-corrected chi connectivity index (χ4v) is 3.27. The van der Waals surface area contributed by atoms with Crippen molar-refractivity contribution in [2.45, 2.75) is 38.6 Å². The minimum absolute atomic E-state index is 0.108. The summed E-state index contributed by atoms with van der Waals surface area (Å²) < 4.78 is 0. The second-order valence-electron chi connectivity index (χ2n) is 5.40. The van der Waals surface area contributed by atoms with Crippen LogP contribution < -0.4 is 0 Å². The molecule has 2 rings (SSSR count). The molecule has 0 atom stereocenters. The van der Waals surface area contributed by atoms with Crippen LogP contribution in [0.5, 0.6) is 0 Å². The minimum atomic E-state index is -0.479. The smallest absolute Gasteiger partial charge is 0.282 e. The Hall–Kier alpha value is -1.43. The molecular formula is C15H19BrN2O3. The van der Waals surface area contributed by atoms with Crippen LogP contribution >= 0.6 is 15.9 Å². The molecule has 0 bridgehead atoms. The van der Waals surface area contributed by atoms with Crippen LogP contribution in [0.4, 0.5) is 5.69 Å². The van der Waals surface area contributed by atoms with E-state index < -0.39 is 4.92 Å². The lowest BCUT2D eigenvalue weighted by Gasteiger charge is -2.28. The fraction of sp³-hybridized carbons (Fsp3) is 0.533. The maximum atomic E-state index is 12.8. The predicted octanol–water partition coefficient (Wildman–Crippen LogP) is 3.68. The normalized spacial score (nSPS) is 15.1. The maximum absolute atomic E-state index is 12.8. The largest absolute Gasteiger partial charge is 0.335 e. The highest BCUT2D eigenvalue weighted by Gasteiger charge is 2.30. The Bertz CT molecular complexity index is 542. The van der Waals surface area contributed by atoms with Crippen LogP contribution in [0.3, 0.4) is 0 Å². The van der Waals surface area contributed by atoms with Gasteiger partial charge in [0.15, 0.2) is 0 Å². The molecule has 1 fully saturated rings. The number of alkyl halides is 1. The van der Waals surface area contributed by atoms with Crippen molar-refractivity contribution in [2.75, 3.05) is 11.9 Å². The van der Waals surface area contributed by atoms with Crippen LogP contribution in [0.2, 0.25) is 0 Å². The second-order valence-corrected chi connectivity index (χ2v) is 6.20. The number of carbonyl (C=O) groups is 1. The molecular weight excluding hydrogens is 336 g/mol. The van der Waals surface area contributed by atoms with Gasteiger partial charge in [0.2, 0.25) is 0 Å².